The number of nitrogens with zero attached hydrogens (tertiary/aromatic N) is 3. The number of carbonyl (C=O) groups excluding carboxylic acids is 1. The van der Waals surface area contributed by atoms with Crippen molar-refractivity contribution in [2.24, 2.45) is 0 Å². The van der Waals surface area contributed by atoms with Crippen LogP contribution in [0.15, 0.2) is 18.2 Å². The lowest BCUT2D eigenvalue weighted by molar-refractivity contribution is -0.121. The molecule has 0 atom stereocenters. The molecule has 5 nitrogen and oxygen atoms in total. The number of nitrogens with one attached hydrogen (secondary N) is 1. The largest absolute Gasteiger partial charge is 0.369 e. The smallest absolute Gasteiger partial charge is 0.221 e. The van der Waals surface area contributed by atoms with Gasteiger partial charge in [-0.2, -0.15) is 0 Å². The highest BCUT2D eigenvalue weighted by atomic mass is 16.1. The SMILES string of the molecule is Cc1cccc(N2CCN(CCC(=O)NCCN(C)C)CC2)c1C. The number of benzene rings is 1. The third-order valence-electron chi connectivity index (χ3n) is 4.83. The Balaban J connectivity index is 1.71. The Labute approximate surface area is 146 Å². The summed E-state index contributed by atoms with van der Waals surface area (Å²) < 4.78 is 0. The minimum atomic E-state index is 0.161. The average Bonchev–Trinajstić information content (AvgIpc) is 2.56. The van der Waals surface area contributed by atoms with Crippen molar-refractivity contribution in [1.82, 2.24) is 15.1 Å². The number of rotatable bonds is 7. The fraction of sp³-hybridized carbons (Fsp3) is 0.632. The van der Waals surface area contributed by atoms with Gasteiger partial charge in [0.05, 0.1) is 0 Å². The average molecular weight is 332 g/mol. The normalized spacial score (nSPS) is 15.8. The number of amides is 1. The summed E-state index contributed by atoms with van der Waals surface area (Å²) in [5.41, 5.74) is 4.09. The molecule has 0 aliphatic carbocycles. The summed E-state index contributed by atoms with van der Waals surface area (Å²) in [5, 5.41) is 2.98. The highest BCUT2D eigenvalue weighted by molar-refractivity contribution is 5.76. The van der Waals surface area contributed by atoms with Crippen LogP contribution in [0, 0.1) is 13.8 Å². The van der Waals surface area contributed by atoms with Crippen LogP contribution in [0.3, 0.4) is 0 Å². The molecule has 24 heavy (non-hydrogen) atoms. The summed E-state index contributed by atoms with van der Waals surface area (Å²) in [7, 11) is 4.03. The molecule has 0 bridgehead atoms. The maximum atomic E-state index is 11.9. The molecule has 1 aliphatic heterocycles. The molecule has 1 aliphatic rings. The molecule has 134 valence electrons. The molecule has 1 amide bonds. The fourth-order valence-corrected chi connectivity index (χ4v) is 3.06. The van der Waals surface area contributed by atoms with Gasteiger partial charge in [-0.25, -0.2) is 0 Å². The van der Waals surface area contributed by atoms with Crippen molar-refractivity contribution in [2.45, 2.75) is 20.3 Å². The van der Waals surface area contributed by atoms with Crippen LogP contribution in [0.4, 0.5) is 5.69 Å². The van der Waals surface area contributed by atoms with E-state index in [9.17, 15) is 4.79 Å². The van der Waals surface area contributed by atoms with E-state index < -0.39 is 0 Å². The summed E-state index contributed by atoms with van der Waals surface area (Å²) in [5.74, 6) is 0.161. The van der Waals surface area contributed by atoms with Gasteiger partial charge in [-0.15, -0.1) is 0 Å². The Morgan fingerprint density at radius 3 is 2.54 bits per heavy atom. The lowest BCUT2D eigenvalue weighted by Gasteiger charge is -2.37. The van der Waals surface area contributed by atoms with Crippen LogP contribution < -0.4 is 10.2 Å². The lowest BCUT2D eigenvalue weighted by Crippen LogP contribution is -2.47. The third-order valence-corrected chi connectivity index (χ3v) is 4.83. The molecule has 1 aromatic rings. The molecule has 0 spiro atoms. The van der Waals surface area contributed by atoms with Gasteiger partial charge in [0.25, 0.3) is 0 Å². The van der Waals surface area contributed by atoms with E-state index in [0.29, 0.717) is 6.42 Å². The molecule has 0 aromatic heterocycles. The summed E-state index contributed by atoms with van der Waals surface area (Å²) in [6.07, 6.45) is 0.594. The van der Waals surface area contributed by atoms with Crippen molar-refractivity contribution in [2.75, 3.05) is 64.8 Å². The molecule has 1 fully saturated rings. The van der Waals surface area contributed by atoms with E-state index in [4.69, 9.17) is 0 Å². The van der Waals surface area contributed by atoms with Gasteiger partial charge < -0.3 is 15.1 Å². The second-order valence-corrected chi connectivity index (χ2v) is 6.95. The Morgan fingerprint density at radius 2 is 1.88 bits per heavy atom. The maximum Gasteiger partial charge on any atom is 0.221 e. The second kappa shape index (κ2) is 9.04. The monoisotopic (exact) mass is 332 g/mol. The Bertz CT molecular complexity index is 536. The van der Waals surface area contributed by atoms with Gasteiger partial charge >= 0.3 is 0 Å². The first-order valence-corrected chi connectivity index (χ1v) is 8.92. The quantitative estimate of drug-likeness (QED) is 0.821. The number of carbonyl (C=O) groups is 1. The summed E-state index contributed by atoms with van der Waals surface area (Å²) in [6.45, 7) is 11.0. The van der Waals surface area contributed by atoms with Gasteiger partial charge in [-0.05, 0) is 45.1 Å². The summed E-state index contributed by atoms with van der Waals surface area (Å²) in [4.78, 5) is 18.8. The van der Waals surface area contributed by atoms with E-state index in [1.54, 1.807) is 0 Å². The van der Waals surface area contributed by atoms with E-state index in [2.05, 4.69) is 52.1 Å². The van der Waals surface area contributed by atoms with Crippen molar-refractivity contribution in [3.8, 4) is 0 Å². The number of piperazine rings is 1. The molecule has 0 unspecified atom stereocenters. The van der Waals surface area contributed by atoms with E-state index in [0.717, 1.165) is 45.8 Å². The first-order valence-electron chi connectivity index (χ1n) is 8.92. The van der Waals surface area contributed by atoms with E-state index in [1.807, 2.05) is 14.1 Å². The first-order chi connectivity index (χ1) is 11.5. The second-order valence-electron chi connectivity index (χ2n) is 6.95. The molecule has 2 rings (SSSR count). The first kappa shape index (κ1) is 18.7. The molecule has 5 heteroatoms. The van der Waals surface area contributed by atoms with Crippen LogP contribution >= 0.6 is 0 Å². The lowest BCUT2D eigenvalue weighted by atomic mass is 10.1. The van der Waals surface area contributed by atoms with Crippen LogP contribution in [0.5, 0.6) is 0 Å². The zero-order chi connectivity index (χ0) is 17.5. The van der Waals surface area contributed by atoms with Crippen molar-refractivity contribution in [3.63, 3.8) is 0 Å². The Morgan fingerprint density at radius 1 is 1.17 bits per heavy atom. The third kappa shape index (κ3) is 5.49. The van der Waals surface area contributed by atoms with Gasteiger partial charge in [0.1, 0.15) is 0 Å². The van der Waals surface area contributed by atoms with E-state index in [-0.39, 0.29) is 5.91 Å². The van der Waals surface area contributed by atoms with Crippen molar-refractivity contribution >= 4 is 11.6 Å². The topological polar surface area (TPSA) is 38.8 Å². The number of hydrogen-bond donors (Lipinski definition) is 1. The van der Waals surface area contributed by atoms with Crippen LogP contribution in [-0.2, 0) is 4.79 Å². The highest BCUT2D eigenvalue weighted by Crippen LogP contribution is 2.23. The standard InChI is InChI=1S/C19H32N4O/c1-16-6-5-7-18(17(16)2)23-14-12-22(13-15-23)10-8-19(24)20-9-11-21(3)4/h5-7H,8-15H2,1-4H3,(H,20,24). The van der Waals surface area contributed by atoms with E-state index >= 15 is 0 Å². The van der Waals surface area contributed by atoms with Gasteiger partial charge in [0.15, 0.2) is 0 Å². The highest BCUT2D eigenvalue weighted by Gasteiger charge is 2.19. The van der Waals surface area contributed by atoms with Crippen LogP contribution in [0.2, 0.25) is 0 Å². The molecule has 1 heterocycles. The zero-order valence-corrected chi connectivity index (χ0v) is 15.6. The number of hydrogen-bond acceptors (Lipinski definition) is 4. The van der Waals surface area contributed by atoms with Gasteiger partial charge in [0, 0.05) is 57.9 Å². The minimum Gasteiger partial charge on any atom is -0.369 e. The predicted octanol–water partition coefficient (Wildman–Crippen LogP) is 1.49. The Hall–Kier alpha value is -1.59. The molecule has 1 aromatic carbocycles. The van der Waals surface area contributed by atoms with Crippen LogP contribution in [0.25, 0.3) is 0 Å². The minimum absolute atomic E-state index is 0.161. The molecular weight excluding hydrogens is 300 g/mol. The molecule has 0 radical (unpaired) electrons. The van der Waals surface area contributed by atoms with Crippen molar-refractivity contribution in [1.29, 1.82) is 0 Å². The molecule has 1 saturated heterocycles. The number of aryl methyl sites for hydroxylation is 1. The fourth-order valence-electron chi connectivity index (χ4n) is 3.06. The number of likely N-dealkylation sites (N-methyl/N-ethyl adjacent to an activating group) is 1. The van der Waals surface area contributed by atoms with Gasteiger partial charge in [-0.3, -0.25) is 9.69 Å². The number of anilines is 1. The van der Waals surface area contributed by atoms with E-state index in [1.165, 1.54) is 16.8 Å². The molecule has 0 saturated carbocycles. The van der Waals surface area contributed by atoms with Gasteiger partial charge in [0.2, 0.25) is 5.91 Å². The molecular formula is C19H32N4O. The zero-order valence-electron chi connectivity index (χ0n) is 15.6. The van der Waals surface area contributed by atoms with Crippen LogP contribution in [-0.4, -0.2) is 75.6 Å². The molecule has 1 N–H and O–H groups in total. The van der Waals surface area contributed by atoms with Gasteiger partial charge in [-0.1, -0.05) is 12.1 Å². The summed E-state index contributed by atoms with van der Waals surface area (Å²) >= 11 is 0. The summed E-state index contributed by atoms with van der Waals surface area (Å²) in [6, 6.07) is 6.53. The maximum absolute atomic E-state index is 11.9. The van der Waals surface area contributed by atoms with Crippen LogP contribution in [0.1, 0.15) is 17.5 Å². The van der Waals surface area contributed by atoms with Crippen molar-refractivity contribution < 1.29 is 4.79 Å². The predicted molar refractivity (Wildman–Crippen MR) is 101 cm³/mol. The van der Waals surface area contributed by atoms with Crippen molar-refractivity contribution in [3.05, 3.63) is 29.3 Å². The Kier molecular flexibility index (Phi) is 7.06.